The van der Waals surface area contributed by atoms with Gasteiger partial charge in [0.1, 0.15) is 5.75 Å². The van der Waals surface area contributed by atoms with Gasteiger partial charge in [-0.3, -0.25) is 0 Å². The van der Waals surface area contributed by atoms with Crippen molar-refractivity contribution in [3.8, 4) is 11.8 Å². The molecular weight excluding hydrogens is 316 g/mol. The van der Waals surface area contributed by atoms with Crippen molar-refractivity contribution in [2.24, 2.45) is 5.92 Å². The van der Waals surface area contributed by atoms with E-state index in [9.17, 15) is 20.6 Å². The van der Waals surface area contributed by atoms with E-state index in [1.54, 1.807) is 24.3 Å². The van der Waals surface area contributed by atoms with Crippen LogP contribution >= 0.6 is 0 Å². The van der Waals surface area contributed by atoms with Gasteiger partial charge in [0, 0.05) is 0 Å². The fourth-order valence-electron chi connectivity index (χ4n) is 2.74. The smallest absolute Gasteiger partial charge is 0.288 e. The van der Waals surface area contributed by atoms with Crippen molar-refractivity contribution in [3.63, 3.8) is 0 Å². The first kappa shape index (κ1) is 15.4. The third-order valence-corrected chi connectivity index (χ3v) is 3.86. The Morgan fingerprint density at radius 1 is 1.50 bits per heavy atom. The van der Waals surface area contributed by atoms with Gasteiger partial charge in [-0.1, -0.05) is 28.0 Å². The maximum absolute atomic E-state index is 11.5. The number of hydrogen-bond acceptors (Lipinski definition) is 6. The molecule has 0 saturated heterocycles. The predicted molar refractivity (Wildman–Crippen MR) is 81.4 cm³/mol. The van der Waals surface area contributed by atoms with Crippen molar-refractivity contribution in [3.05, 3.63) is 62.6 Å². The van der Waals surface area contributed by atoms with E-state index in [0.29, 0.717) is 11.3 Å². The lowest BCUT2D eigenvalue weighted by Crippen LogP contribution is -2.31. The molecule has 9 nitrogen and oxygen atoms in total. The maximum atomic E-state index is 11.5. The van der Waals surface area contributed by atoms with Crippen molar-refractivity contribution >= 4 is 11.8 Å². The third-order valence-electron chi connectivity index (χ3n) is 3.86. The van der Waals surface area contributed by atoms with Gasteiger partial charge < -0.3 is 15.2 Å². The number of nitrogens with zero attached hydrogens (tertiary/aromatic N) is 3. The number of nitriles is 1. The van der Waals surface area contributed by atoms with E-state index < -0.39 is 16.7 Å². The average molecular weight is 328 g/mol. The summed E-state index contributed by atoms with van der Waals surface area (Å²) in [5, 5.41) is 34.9. The van der Waals surface area contributed by atoms with Crippen molar-refractivity contribution < 1.29 is 18.9 Å². The molecule has 9 heteroatoms. The average Bonchev–Trinajstić information content (AvgIpc) is 2.96. The topological polar surface area (TPSA) is 134 Å². The molecule has 2 aromatic rings. The summed E-state index contributed by atoms with van der Waals surface area (Å²) >= 11 is 0. The van der Waals surface area contributed by atoms with Crippen LogP contribution in [0, 0.1) is 32.6 Å². The largest absolute Gasteiger partial charge is 0.612 e. The van der Waals surface area contributed by atoms with E-state index in [2.05, 4.69) is 15.9 Å². The summed E-state index contributed by atoms with van der Waals surface area (Å²) < 4.78 is 9.85. The number of fused-ring (bicyclic) bond motifs is 1. The molecule has 1 heterocycles. The molecule has 1 aliphatic rings. The molecule has 1 aromatic heterocycles. The van der Waals surface area contributed by atoms with Crippen LogP contribution in [0.4, 0.5) is 0 Å². The molecule has 2 unspecified atom stereocenters. The van der Waals surface area contributed by atoms with Crippen LogP contribution in [0.25, 0.3) is 6.08 Å². The van der Waals surface area contributed by atoms with Crippen LogP contribution in [0.15, 0.2) is 35.0 Å². The summed E-state index contributed by atoms with van der Waals surface area (Å²) in [6, 6.07) is 8.88. The summed E-state index contributed by atoms with van der Waals surface area (Å²) in [5.41, 5.74) is 0.249. The molecular formula is C15H12N4O5. The predicted octanol–water partition coefficient (Wildman–Crippen LogP) is 1.28. The molecule has 122 valence electrons. The Bertz CT molecular complexity index is 930. The van der Waals surface area contributed by atoms with Gasteiger partial charge in [-0.25, -0.2) is 0 Å². The number of benzene rings is 1. The van der Waals surface area contributed by atoms with Crippen LogP contribution in [0.1, 0.15) is 22.9 Å². The highest BCUT2D eigenvalue weighted by atomic mass is 16.8. The van der Waals surface area contributed by atoms with Gasteiger partial charge in [0.2, 0.25) is 0 Å². The van der Waals surface area contributed by atoms with Gasteiger partial charge in [0.15, 0.2) is 4.60 Å². The van der Waals surface area contributed by atoms with E-state index in [1.165, 1.54) is 19.3 Å². The zero-order valence-electron chi connectivity index (χ0n) is 12.5. The zero-order valence-corrected chi connectivity index (χ0v) is 12.5. The van der Waals surface area contributed by atoms with Crippen molar-refractivity contribution in [2.45, 2.75) is 5.92 Å². The van der Waals surface area contributed by atoms with Gasteiger partial charge in [-0.15, -0.1) is 0 Å². The van der Waals surface area contributed by atoms with Gasteiger partial charge in [0.25, 0.3) is 17.1 Å². The number of ether oxygens (including phenoxy) is 1. The van der Waals surface area contributed by atoms with Crippen molar-refractivity contribution in [2.75, 3.05) is 7.11 Å². The van der Waals surface area contributed by atoms with E-state index in [-0.39, 0.29) is 21.7 Å². The minimum atomic E-state index is -0.849. The Morgan fingerprint density at radius 3 is 2.96 bits per heavy atom. The number of hydrogen-bond donors (Lipinski definition) is 1. The molecule has 1 N–H and O–H groups in total. The second kappa shape index (κ2) is 5.92. The van der Waals surface area contributed by atoms with Crippen molar-refractivity contribution in [1.82, 2.24) is 5.16 Å². The minimum absolute atomic E-state index is 0.000261. The zero-order chi connectivity index (χ0) is 17.3. The fraction of sp³-hybridized carbons (Fsp3) is 0.200. The Labute approximate surface area is 135 Å². The first-order valence-corrected chi connectivity index (χ1v) is 6.94. The molecule has 24 heavy (non-hydrogen) atoms. The van der Waals surface area contributed by atoms with E-state index in [4.69, 9.17) is 4.74 Å². The standard InChI is InChI=1S/C15H12N4O5/c1-23-10-4-2-3-9(7-10)12(8-16)11-5-6-13-14(15(11)18(20)21)17-24-19(13)22/h2-7,11-12,17H,1H3. The molecule has 0 amide bonds. The third kappa shape index (κ3) is 2.40. The molecule has 0 aliphatic heterocycles. The van der Waals surface area contributed by atoms with Crippen LogP contribution < -0.4 is 9.34 Å². The van der Waals surface area contributed by atoms with Crippen LogP contribution in [0.3, 0.4) is 0 Å². The molecule has 3 rings (SSSR count). The number of methoxy groups -OCH3 is 1. The second-order valence-electron chi connectivity index (χ2n) is 5.12. The van der Waals surface area contributed by atoms with Gasteiger partial charge >= 0.3 is 0 Å². The first-order chi connectivity index (χ1) is 11.6. The number of aromatic nitrogens is 2. The van der Waals surface area contributed by atoms with E-state index in [1.807, 2.05) is 0 Å². The van der Waals surface area contributed by atoms with Gasteiger partial charge in [-0.2, -0.15) is 10.2 Å². The molecule has 2 atom stereocenters. The summed E-state index contributed by atoms with van der Waals surface area (Å²) in [7, 11) is 1.50. The molecule has 0 saturated carbocycles. The second-order valence-corrected chi connectivity index (χ2v) is 5.12. The lowest BCUT2D eigenvalue weighted by atomic mass is 9.80. The maximum Gasteiger partial charge on any atom is 0.288 e. The molecule has 0 radical (unpaired) electrons. The Kier molecular flexibility index (Phi) is 3.79. The normalized spacial score (nSPS) is 17.0. The molecule has 1 aromatic carbocycles. The van der Waals surface area contributed by atoms with Gasteiger partial charge in [-0.05, 0) is 28.7 Å². The van der Waals surface area contributed by atoms with Crippen LogP contribution in [0.5, 0.6) is 5.75 Å². The highest BCUT2D eigenvalue weighted by Gasteiger charge is 2.41. The molecule has 0 spiro atoms. The van der Waals surface area contributed by atoms with Gasteiger partial charge in [0.05, 0.1) is 25.0 Å². The number of allylic oxidation sites excluding steroid dienone is 1. The monoisotopic (exact) mass is 328 g/mol. The lowest BCUT2D eigenvalue weighted by Gasteiger charge is -2.21. The summed E-state index contributed by atoms with van der Waals surface area (Å²) in [6.07, 6.45) is 2.87. The van der Waals surface area contributed by atoms with E-state index >= 15 is 0 Å². The Hall–Kier alpha value is -3.54. The fourth-order valence-corrected chi connectivity index (χ4v) is 2.74. The molecule has 0 fully saturated rings. The van der Waals surface area contributed by atoms with Crippen LogP contribution in [-0.2, 0) is 0 Å². The Balaban J connectivity index is 2.12. The number of nitrogens with one attached hydrogen (secondary N) is 1. The summed E-state index contributed by atoms with van der Waals surface area (Å²) in [6.45, 7) is 0. The summed E-state index contributed by atoms with van der Waals surface area (Å²) in [5.74, 6) is -1.13. The highest BCUT2D eigenvalue weighted by Crippen LogP contribution is 2.33. The number of rotatable bonds is 3. The summed E-state index contributed by atoms with van der Waals surface area (Å²) in [4.78, 5) is 10.9. The molecule has 1 aliphatic carbocycles. The number of H-pyrrole nitrogens is 1. The quantitative estimate of drug-likeness (QED) is 0.666. The van der Waals surface area contributed by atoms with Crippen LogP contribution in [-0.4, -0.2) is 22.9 Å². The number of aromatic amines is 1. The molecule has 0 bridgehead atoms. The van der Waals surface area contributed by atoms with E-state index in [0.717, 1.165) is 0 Å². The first-order valence-electron chi connectivity index (χ1n) is 6.94. The Morgan fingerprint density at radius 2 is 2.29 bits per heavy atom. The lowest BCUT2D eigenvalue weighted by molar-refractivity contribution is -0.714. The minimum Gasteiger partial charge on any atom is -0.612 e. The van der Waals surface area contributed by atoms with Crippen molar-refractivity contribution in [1.29, 1.82) is 5.26 Å². The van der Waals surface area contributed by atoms with Crippen LogP contribution in [0.2, 0.25) is 0 Å². The SMILES string of the molecule is COc1cccc(C(C#N)C2C=Cc3c([nH]o[n+]3=O)C2=[N+]([O-])[O-])c1. The highest BCUT2D eigenvalue weighted by molar-refractivity contribution is 6.03.